The molecular weight excluding hydrogens is 247 g/mol. The number of alkyl halides is 6. The van der Waals surface area contributed by atoms with E-state index in [4.69, 9.17) is 46.4 Å². The fourth-order valence-electron chi connectivity index (χ4n) is 0.226. The molecule has 0 radical (unpaired) electrons. The smallest absolute Gasteiger partial charge is 0.165 e. The van der Waals surface area contributed by atoms with Gasteiger partial charge in [-0.1, -0.05) is 46.4 Å². The predicted octanol–water partition coefficient (Wildman–Crippen LogP) is 4.04. The molecule has 0 fully saturated rings. The zero-order valence-corrected chi connectivity index (χ0v) is 7.75. The van der Waals surface area contributed by atoms with E-state index in [1.807, 2.05) is 0 Å². The Labute approximate surface area is 80.9 Å². The molecule has 0 amide bonds. The normalized spacial score (nSPS) is 15.4. The molecule has 0 N–H and O–H groups in total. The van der Waals surface area contributed by atoms with Crippen molar-refractivity contribution in [1.82, 2.24) is 0 Å². The van der Waals surface area contributed by atoms with Crippen LogP contribution in [-0.4, -0.2) is 9.97 Å². The summed E-state index contributed by atoms with van der Waals surface area (Å²) < 4.78 is 32.7. The summed E-state index contributed by atoms with van der Waals surface area (Å²) in [4.78, 5) is 0. The Bertz CT molecular complexity index is 165. The Morgan fingerprint density at radius 1 is 1.09 bits per heavy atom. The number of rotatable bonds is 0. The zero-order chi connectivity index (χ0) is 9.28. The molecule has 0 aliphatic carbocycles. The van der Waals surface area contributed by atoms with Crippen LogP contribution in [0, 0.1) is 0 Å². The molecule has 11 heavy (non-hydrogen) atoms. The minimum absolute atomic E-state index is 0.291. The minimum Gasteiger partial charge on any atom is -0.165 e. The molecule has 0 saturated heterocycles. The summed E-state index contributed by atoms with van der Waals surface area (Å²) in [5, 5.41) is -1.45. The highest BCUT2D eigenvalue weighted by Crippen LogP contribution is 2.36. The van der Waals surface area contributed by atoms with Crippen LogP contribution < -0.4 is 0 Å². The molecule has 0 bridgehead atoms. The van der Waals surface area contributed by atoms with E-state index in [1.54, 1.807) is 0 Å². The van der Waals surface area contributed by atoms with Crippen molar-refractivity contribution in [2.24, 2.45) is 0 Å². The van der Waals surface area contributed by atoms with Gasteiger partial charge in [-0.25, -0.2) is 0 Å². The van der Waals surface area contributed by atoms with Crippen LogP contribution in [0.5, 0.6) is 0 Å². The van der Waals surface area contributed by atoms with Crippen molar-refractivity contribution in [3.8, 4) is 0 Å². The molecule has 0 aliphatic rings. The van der Waals surface area contributed by atoms with Crippen molar-refractivity contribution in [2.45, 2.75) is 9.97 Å². The molecule has 0 aliphatic heterocycles. The van der Waals surface area contributed by atoms with Gasteiger partial charge in [0, 0.05) is 0 Å². The highest BCUT2D eigenvalue weighted by atomic mass is 35.6. The van der Waals surface area contributed by atoms with Crippen LogP contribution >= 0.6 is 46.4 Å². The summed E-state index contributed by atoms with van der Waals surface area (Å²) >= 11 is 19.7. The third-order valence-electron chi connectivity index (χ3n) is 0.561. The molecule has 0 heterocycles. The lowest BCUT2D eigenvalue weighted by Crippen LogP contribution is -2.10. The molecule has 0 aromatic heterocycles. The standard InChI is InChI=1S/C4HCl4F3/c5-2(4(9,10)11)1-3(6,7)8/h1H. The maximum Gasteiger partial charge on any atom is 0.426 e. The van der Waals surface area contributed by atoms with Crippen LogP contribution in [0.2, 0.25) is 0 Å². The molecule has 7 heteroatoms. The second-order valence-electron chi connectivity index (χ2n) is 1.53. The van der Waals surface area contributed by atoms with E-state index < -0.39 is 15.0 Å². The molecule has 0 nitrogen and oxygen atoms in total. The van der Waals surface area contributed by atoms with Gasteiger partial charge in [-0.15, -0.1) is 0 Å². The Balaban J connectivity index is 4.49. The molecule has 0 unspecified atom stereocenters. The lowest BCUT2D eigenvalue weighted by atomic mass is 10.5. The van der Waals surface area contributed by atoms with Crippen LogP contribution in [0.3, 0.4) is 0 Å². The maximum absolute atomic E-state index is 11.6. The van der Waals surface area contributed by atoms with Crippen LogP contribution in [0.25, 0.3) is 0 Å². The minimum atomic E-state index is -4.66. The van der Waals surface area contributed by atoms with Gasteiger partial charge < -0.3 is 0 Å². The number of allylic oxidation sites excluding steroid dienone is 2. The van der Waals surface area contributed by atoms with Gasteiger partial charge >= 0.3 is 6.18 Å². The fourth-order valence-corrected chi connectivity index (χ4v) is 0.884. The third-order valence-corrected chi connectivity index (χ3v) is 1.21. The topological polar surface area (TPSA) is 0 Å². The van der Waals surface area contributed by atoms with Gasteiger partial charge in [-0.05, 0) is 6.08 Å². The fraction of sp³-hybridized carbons (Fsp3) is 0.500. The molecular formula is C4HCl4F3. The molecule has 0 atom stereocenters. The van der Waals surface area contributed by atoms with Gasteiger partial charge in [-0.3, -0.25) is 0 Å². The molecule has 0 rings (SSSR count). The van der Waals surface area contributed by atoms with E-state index in [1.165, 1.54) is 0 Å². The first kappa shape index (κ1) is 11.7. The number of hydrogen-bond acceptors (Lipinski definition) is 0. The van der Waals surface area contributed by atoms with Crippen molar-refractivity contribution in [1.29, 1.82) is 0 Å². The first-order valence-electron chi connectivity index (χ1n) is 2.15. The Kier molecular flexibility index (Phi) is 3.83. The van der Waals surface area contributed by atoms with Gasteiger partial charge in [0.05, 0.1) is 0 Å². The first-order valence-corrected chi connectivity index (χ1v) is 3.66. The van der Waals surface area contributed by atoms with E-state index in [0.717, 1.165) is 0 Å². The number of hydrogen-bond donors (Lipinski definition) is 0. The van der Waals surface area contributed by atoms with Gasteiger partial charge in [0.15, 0.2) is 0 Å². The molecule has 0 aromatic carbocycles. The average molecular weight is 248 g/mol. The lowest BCUT2D eigenvalue weighted by Gasteiger charge is -2.08. The van der Waals surface area contributed by atoms with Crippen molar-refractivity contribution in [3.63, 3.8) is 0 Å². The summed E-state index contributed by atoms with van der Waals surface area (Å²) in [7, 11) is 0. The van der Waals surface area contributed by atoms with E-state index in [9.17, 15) is 13.2 Å². The average Bonchev–Trinajstić information content (AvgIpc) is 1.56. The van der Waals surface area contributed by atoms with Gasteiger partial charge in [0.1, 0.15) is 5.03 Å². The largest absolute Gasteiger partial charge is 0.426 e. The highest BCUT2D eigenvalue weighted by molar-refractivity contribution is 6.69. The Morgan fingerprint density at radius 3 is 1.55 bits per heavy atom. The summed E-state index contributed by atoms with van der Waals surface area (Å²) in [5.41, 5.74) is 0. The van der Waals surface area contributed by atoms with Crippen molar-refractivity contribution < 1.29 is 13.2 Å². The summed E-state index contributed by atoms with van der Waals surface area (Å²) in [6, 6.07) is 0. The first-order chi connectivity index (χ1) is 4.63. The SMILES string of the molecule is FC(F)(F)C(Cl)=CC(Cl)(Cl)Cl. The molecule has 66 valence electrons. The van der Waals surface area contributed by atoms with Gasteiger partial charge in [-0.2, -0.15) is 13.2 Å². The Hall–Kier alpha value is 0.690. The highest BCUT2D eigenvalue weighted by Gasteiger charge is 2.35. The van der Waals surface area contributed by atoms with Crippen molar-refractivity contribution >= 4 is 46.4 Å². The zero-order valence-electron chi connectivity index (χ0n) is 4.72. The lowest BCUT2D eigenvalue weighted by molar-refractivity contribution is -0.0847. The second kappa shape index (κ2) is 3.60. The van der Waals surface area contributed by atoms with Crippen LogP contribution in [-0.2, 0) is 0 Å². The van der Waals surface area contributed by atoms with Crippen molar-refractivity contribution in [3.05, 3.63) is 11.1 Å². The van der Waals surface area contributed by atoms with E-state index in [-0.39, 0.29) is 0 Å². The van der Waals surface area contributed by atoms with Gasteiger partial charge in [0.2, 0.25) is 3.79 Å². The third kappa shape index (κ3) is 5.91. The quantitative estimate of drug-likeness (QED) is 0.567. The molecule has 0 spiro atoms. The predicted molar refractivity (Wildman–Crippen MR) is 40.3 cm³/mol. The second-order valence-corrected chi connectivity index (χ2v) is 4.31. The van der Waals surface area contributed by atoms with Crippen LogP contribution in [0.1, 0.15) is 0 Å². The Morgan fingerprint density at radius 2 is 1.45 bits per heavy atom. The maximum atomic E-state index is 11.6. The van der Waals surface area contributed by atoms with E-state index in [2.05, 4.69) is 0 Å². The van der Waals surface area contributed by atoms with E-state index >= 15 is 0 Å². The summed E-state index contributed by atoms with van der Waals surface area (Å²) in [6.07, 6.45) is -4.37. The number of halogens is 7. The van der Waals surface area contributed by atoms with Gasteiger partial charge in [0.25, 0.3) is 0 Å². The van der Waals surface area contributed by atoms with E-state index in [0.29, 0.717) is 6.08 Å². The van der Waals surface area contributed by atoms with Crippen molar-refractivity contribution in [2.75, 3.05) is 0 Å². The molecule has 0 saturated carbocycles. The monoisotopic (exact) mass is 246 g/mol. The molecule has 0 aromatic rings. The van der Waals surface area contributed by atoms with Crippen LogP contribution in [0.4, 0.5) is 13.2 Å². The summed E-state index contributed by atoms with van der Waals surface area (Å²) in [5.74, 6) is 0. The van der Waals surface area contributed by atoms with Crippen LogP contribution in [0.15, 0.2) is 11.1 Å². The summed E-state index contributed by atoms with van der Waals surface area (Å²) in [6.45, 7) is 0.